The first-order valence-corrected chi connectivity index (χ1v) is 12.6. The van der Waals surface area contributed by atoms with Gasteiger partial charge < -0.3 is 5.32 Å². The van der Waals surface area contributed by atoms with Crippen LogP contribution >= 0.6 is 0 Å². The van der Waals surface area contributed by atoms with Crippen molar-refractivity contribution >= 4 is 28.3 Å². The monoisotopic (exact) mass is 460 g/mol. The third-order valence-corrected chi connectivity index (χ3v) is 7.26. The highest BCUT2D eigenvalue weighted by molar-refractivity contribution is 7.86. The molecule has 6 heteroatoms. The van der Waals surface area contributed by atoms with Crippen molar-refractivity contribution in [1.29, 1.82) is 0 Å². The Hall–Kier alpha value is -3.25. The Bertz CT molecular complexity index is 1160. The van der Waals surface area contributed by atoms with Crippen LogP contribution in [0.5, 0.6) is 0 Å². The highest BCUT2D eigenvalue weighted by atomic mass is 32.2. The number of carbonyl (C=O) groups excluding carboxylic acids is 2. The number of anilines is 1. The van der Waals surface area contributed by atoms with Crippen molar-refractivity contribution in [1.82, 2.24) is 5.32 Å². The zero-order chi connectivity index (χ0) is 23.2. The van der Waals surface area contributed by atoms with Gasteiger partial charge in [-0.3, -0.25) is 18.7 Å². The summed E-state index contributed by atoms with van der Waals surface area (Å²) in [6, 6.07) is 25.0. The van der Waals surface area contributed by atoms with Crippen LogP contribution in [0.2, 0.25) is 0 Å². The molecule has 3 aromatic rings. The maximum absolute atomic E-state index is 12.8. The summed E-state index contributed by atoms with van der Waals surface area (Å²) in [5.74, 6) is -0.345. The lowest BCUT2D eigenvalue weighted by molar-refractivity contribution is -0.115. The van der Waals surface area contributed by atoms with E-state index in [-0.39, 0.29) is 17.6 Å². The average molecular weight is 461 g/mol. The van der Waals surface area contributed by atoms with Gasteiger partial charge in [-0.15, -0.1) is 0 Å². The first-order chi connectivity index (χ1) is 16.0. The molecule has 0 aliphatic carbocycles. The van der Waals surface area contributed by atoms with Crippen molar-refractivity contribution in [3.8, 4) is 0 Å². The second kappa shape index (κ2) is 10.6. The lowest BCUT2D eigenvalue weighted by atomic mass is 10.1. The van der Waals surface area contributed by atoms with Crippen LogP contribution < -0.4 is 10.2 Å². The van der Waals surface area contributed by atoms with Gasteiger partial charge in [0.1, 0.15) is 11.1 Å². The summed E-state index contributed by atoms with van der Waals surface area (Å²) in [6.45, 7) is 2.56. The zero-order valence-corrected chi connectivity index (χ0v) is 19.5. The highest BCUT2D eigenvalue weighted by Gasteiger charge is 2.39. The van der Waals surface area contributed by atoms with E-state index in [0.29, 0.717) is 17.7 Å². The topological polar surface area (TPSA) is 66.5 Å². The molecule has 0 bridgehead atoms. The third kappa shape index (κ3) is 5.57. The summed E-state index contributed by atoms with van der Waals surface area (Å²) in [4.78, 5) is 27.0. The van der Waals surface area contributed by atoms with Gasteiger partial charge in [-0.1, -0.05) is 54.6 Å². The van der Waals surface area contributed by atoms with E-state index in [2.05, 4.69) is 17.4 Å². The predicted octanol–water partition coefficient (Wildman–Crippen LogP) is 4.54. The van der Waals surface area contributed by atoms with Gasteiger partial charge >= 0.3 is 0 Å². The van der Waals surface area contributed by atoms with E-state index in [1.165, 1.54) is 5.56 Å². The molecule has 2 unspecified atom stereocenters. The normalized spacial score (nSPS) is 17.8. The minimum Gasteiger partial charge on any atom is -0.352 e. The lowest BCUT2D eigenvalue weighted by Crippen LogP contribution is -2.29. The minimum atomic E-state index is -1.38. The standard InChI is InChI=1S/C27H28N2O3S/c1-20-9-7-15-24(17-20)29-25(30)19-33(32)27(29)23-14-8-13-22(18-23)26(31)28-16-6-5-12-21-10-3-2-4-11-21/h2-4,7-11,13-15,17-18,27H,5-6,12,16,19H2,1H3,(H,28,31). The average Bonchev–Trinajstić information content (AvgIpc) is 3.13. The van der Waals surface area contributed by atoms with Crippen LogP contribution in [-0.4, -0.2) is 28.3 Å². The number of nitrogens with zero attached hydrogens (tertiary/aromatic N) is 1. The number of hydrogen-bond acceptors (Lipinski definition) is 3. The number of carbonyl (C=O) groups is 2. The largest absolute Gasteiger partial charge is 0.352 e. The molecular formula is C27H28N2O3S. The fourth-order valence-corrected chi connectivity index (χ4v) is 5.58. The number of hydrogen-bond donors (Lipinski definition) is 1. The van der Waals surface area contributed by atoms with Gasteiger partial charge in [-0.2, -0.15) is 0 Å². The number of amides is 2. The molecule has 170 valence electrons. The van der Waals surface area contributed by atoms with Crippen LogP contribution in [0.1, 0.15) is 45.3 Å². The number of aryl methyl sites for hydroxylation is 2. The van der Waals surface area contributed by atoms with Gasteiger partial charge in [0.15, 0.2) is 0 Å². The molecule has 3 aromatic carbocycles. The van der Waals surface area contributed by atoms with Crippen molar-refractivity contribution in [2.24, 2.45) is 0 Å². The number of nitrogens with one attached hydrogen (secondary N) is 1. The highest BCUT2D eigenvalue weighted by Crippen LogP contribution is 2.35. The van der Waals surface area contributed by atoms with Crippen molar-refractivity contribution < 1.29 is 13.8 Å². The molecule has 0 radical (unpaired) electrons. The SMILES string of the molecule is Cc1cccc(N2C(=O)CS(=O)C2c2cccc(C(=O)NCCCCc3ccccc3)c2)c1. The summed E-state index contributed by atoms with van der Waals surface area (Å²) < 4.78 is 12.8. The molecule has 33 heavy (non-hydrogen) atoms. The molecule has 1 saturated heterocycles. The molecular weight excluding hydrogens is 432 g/mol. The summed E-state index contributed by atoms with van der Waals surface area (Å²) in [5.41, 5.74) is 4.27. The molecule has 1 N–H and O–H groups in total. The molecule has 0 saturated carbocycles. The van der Waals surface area contributed by atoms with Gasteiger partial charge in [0.25, 0.3) is 5.91 Å². The van der Waals surface area contributed by atoms with Crippen molar-refractivity contribution in [2.75, 3.05) is 17.2 Å². The summed E-state index contributed by atoms with van der Waals surface area (Å²) in [7, 11) is -1.38. The van der Waals surface area contributed by atoms with Gasteiger partial charge in [0, 0.05) is 17.8 Å². The lowest BCUT2D eigenvalue weighted by Gasteiger charge is -2.24. The Balaban J connectivity index is 1.41. The van der Waals surface area contributed by atoms with Crippen LogP contribution in [-0.2, 0) is 22.0 Å². The number of benzene rings is 3. The molecule has 2 atom stereocenters. The van der Waals surface area contributed by atoms with Crippen molar-refractivity contribution in [3.05, 3.63) is 101 Å². The predicted molar refractivity (Wildman–Crippen MR) is 133 cm³/mol. The van der Waals surface area contributed by atoms with Crippen LogP contribution in [0.15, 0.2) is 78.9 Å². The number of rotatable bonds is 8. The molecule has 5 nitrogen and oxygen atoms in total. The quantitative estimate of drug-likeness (QED) is 0.502. The van der Waals surface area contributed by atoms with E-state index >= 15 is 0 Å². The molecule has 1 aliphatic rings. The van der Waals surface area contributed by atoms with Gasteiger partial charge in [-0.25, -0.2) is 0 Å². The first-order valence-electron chi connectivity index (χ1n) is 11.2. The van der Waals surface area contributed by atoms with Crippen LogP contribution in [0.25, 0.3) is 0 Å². The minimum absolute atomic E-state index is 0.0174. The molecule has 0 spiro atoms. The van der Waals surface area contributed by atoms with E-state index in [9.17, 15) is 13.8 Å². The summed E-state index contributed by atoms with van der Waals surface area (Å²) in [6.07, 6.45) is 2.88. The summed E-state index contributed by atoms with van der Waals surface area (Å²) >= 11 is 0. The Morgan fingerprint density at radius 3 is 2.58 bits per heavy atom. The van der Waals surface area contributed by atoms with Crippen molar-refractivity contribution in [2.45, 2.75) is 31.6 Å². The van der Waals surface area contributed by atoms with E-state index in [1.807, 2.05) is 55.5 Å². The zero-order valence-electron chi connectivity index (χ0n) is 18.7. The van der Waals surface area contributed by atoms with Crippen LogP contribution in [0.4, 0.5) is 5.69 Å². The third-order valence-electron chi connectivity index (χ3n) is 5.75. The van der Waals surface area contributed by atoms with Gasteiger partial charge in [0.2, 0.25) is 5.91 Å². The summed E-state index contributed by atoms with van der Waals surface area (Å²) in [5, 5.41) is 2.38. The van der Waals surface area contributed by atoms with Crippen LogP contribution in [0.3, 0.4) is 0 Å². The Labute approximate surface area is 197 Å². The Morgan fingerprint density at radius 2 is 1.79 bits per heavy atom. The van der Waals surface area contributed by atoms with E-state index in [0.717, 1.165) is 30.5 Å². The van der Waals surface area contributed by atoms with E-state index in [4.69, 9.17) is 0 Å². The Morgan fingerprint density at radius 1 is 1.00 bits per heavy atom. The first kappa shape index (κ1) is 22.9. The molecule has 4 rings (SSSR count). The molecule has 2 amide bonds. The number of unbranched alkanes of at least 4 members (excludes halogenated alkanes) is 1. The fourth-order valence-electron chi connectivity index (χ4n) is 4.11. The maximum atomic E-state index is 12.8. The fraction of sp³-hybridized carbons (Fsp3) is 0.259. The maximum Gasteiger partial charge on any atom is 0.251 e. The molecule has 1 aliphatic heterocycles. The van der Waals surface area contributed by atoms with Gasteiger partial charge in [0.05, 0.1) is 10.8 Å². The van der Waals surface area contributed by atoms with Crippen LogP contribution in [0, 0.1) is 6.92 Å². The molecule has 1 heterocycles. The second-order valence-electron chi connectivity index (χ2n) is 8.30. The van der Waals surface area contributed by atoms with Gasteiger partial charge in [-0.05, 0) is 67.1 Å². The molecule has 0 aromatic heterocycles. The van der Waals surface area contributed by atoms with Crippen molar-refractivity contribution in [3.63, 3.8) is 0 Å². The van der Waals surface area contributed by atoms with E-state index in [1.54, 1.807) is 23.1 Å². The molecule has 1 fully saturated rings. The Kier molecular flexibility index (Phi) is 7.35. The van der Waals surface area contributed by atoms with E-state index < -0.39 is 16.2 Å². The smallest absolute Gasteiger partial charge is 0.251 e. The second-order valence-corrected chi connectivity index (χ2v) is 9.80.